The molecule has 0 bridgehead atoms. The molecule has 1 aliphatic heterocycles. The van der Waals surface area contributed by atoms with E-state index in [1.54, 1.807) is 7.11 Å². The van der Waals surface area contributed by atoms with E-state index in [0.29, 0.717) is 10.0 Å². The number of ether oxygens (including phenoxy) is 1. The van der Waals surface area contributed by atoms with Crippen molar-refractivity contribution >= 4 is 34.6 Å². The zero-order valence-corrected chi connectivity index (χ0v) is 16.4. The number of nitrogens with one attached hydrogen (secondary N) is 1. The predicted octanol–water partition coefficient (Wildman–Crippen LogP) is 7.05. The molecule has 0 unspecified atom stereocenters. The van der Waals surface area contributed by atoms with Crippen molar-refractivity contribution in [1.29, 1.82) is 0 Å². The average molecular weight is 384 g/mol. The monoisotopic (exact) mass is 383 g/mol. The van der Waals surface area contributed by atoms with Crippen molar-refractivity contribution in [3.05, 3.63) is 75.8 Å². The van der Waals surface area contributed by atoms with Gasteiger partial charge < -0.3 is 10.1 Å². The number of halogens is 2. The van der Waals surface area contributed by atoms with Gasteiger partial charge in [-0.05, 0) is 47.0 Å². The van der Waals surface area contributed by atoms with Crippen LogP contribution >= 0.6 is 23.2 Å². The molecule has 0 spiro atoms. The summed E-state index contributed by atoms with van der Waals surface area (Å²) in [6.45, 7) is 4.39. The molecule has 1 heterocycles. The standard InChI is InChI=1S/C22H19Cl2NO/c1-22(2)17-9-6-14(13-4-7-16(26-3)8-5-13)10-19(17)25-20-12-15(23)11-18(24)21(20)22/h4-12,25H,1-3H3. The highest BCUT2D eigenvalue weighted by Crippen LogP contribution is 2.49. The molecule has 1 N–H and O–H groups in total. The Morgan fingerprint density at radius 3 is 2.23 bits per heavy atom. The Bertz CT molecular complexity index is 994. The summed E-state index contributed by atoms with van der Waals surface area (Å²) in [5, 5.41) is 4.84. The molecule has 0 atom stereocenters. The van der Waals surface area contributed by atoms with Crippen LogP contribution in [-0.2, 0) is 5.41 Å². The minimum atomic E-state index is -0.212. The van der Waals surface area contributed by atoms with Crippen molar-refractivity contribution < 1.29 is 4.74 Å². The third kappa shape index (κ3) is 2.74. The molecule has 0 saturated heterocycles. The van der Waals surface area contributed by atoms with Gasteiger partial charge in [0.25, 0.3) is 0 Å². The second-order valence-electron chi connectivity index (χ2n) is 7.05. The van der Waals surface area contributed by atoms with Crippen molar-refractivity contribution in [2.45, 2.75) is 19.3 Å². The molecule has 4 rings (SSSR count). The van der Waals surface area contributed by atoms with Gasteiger partial charge in [0.2, 0.25) is 0 Å². The maximum Gasteiger partial charge on any atom is 0.118 e. The number of benzene rings is 3. The Hall–Kier alpha value is -2.16. The summed E-state index contributed by atoms with van der Waals surface area (Å²) >= 11 is 12.7. The van der Waals surface area contributed by atoms with Crippen LogP contribution < -0.4 is 10.1 Å². The van der Waals surface area contributed by atoms with E-state index in [0.717, 1.165) is 33.8 Å². The van der Waals surface area contributed by atoms with Gasteiger partial charge in [0.15, 0.2) is 0 Å². The SMILES string of the molecule is COc1ccc(-c2ccc3c(c2)Nc2cc(Cl)cc(Cl)c2C3(C)C)cc1. The fourth-order valence-corrected chi connectivity index (χ4v) is 4.47. The lowest BCUT2D eigenvalue weighted by Gasteiger charge is -2.36. The zero-order chi connectivity index (χ0) is 18.5. The molecule has 132 valence electrons. The molecule has 3 aromatic carbocycles. The Labute approximate surface area is 163 Å². The van der Waals surface area contributed by atoms with Gasteiger partial charge in [-0.25, -0.2) is 0 Å². The Balaban J connectivity index is 1.82. The summed E-state index contributed by atoms with van der Waals surface area (Å²) in [5.74, 6) is 0.851. The summed E-state index contributed by atoms with van der Waals surface area (Å²) in [5.41, 5.74) is 6.41. The van der Waals surface area contributed by atoms with Crippen molar-refractivity contribution in [2.75, 3.05) is 12.4 Å². The summed E-state index contributed by atoms with van der Waals surface area (Å²) in [6.07, 6.45) is 0. The minimum Gasteiger partial charge on any atom is -0.497 e. The van der Waals surface area contributed by atoms with E-state index in [2.05, 4.69) is 49.5 Å². The maximum atomic E-state index is 6.52. The summed E-state index contributed by atoms with van der Waals surface area (Å²) in [4.78, 5) is 0. The summed E-state index contributed by atoms with van der Waals surface area (Å²) in [7, 11) is 1.67. The Kier molecular flexibility index (Phi) is 4.13. The van der Waals surface area contributed by atoms with Crippen molar-refractivity contribution in [3.8, 4) is 16.9 Å². The van der Waals surface area contributed by atoms with Crippen molar-refractivity contribution in [1.82, 2.24) is 0 Å². The first-order valence-electron chi connectivity index (χ1n) is 8.45. The van der Waals surface area contributed by atoms with Crippen LogP contribution in [0.1, 0.15) is 25.0 Å². The van der Waals surface area contributed by atoms with E-state index >= 15 is 0 Å². The van der Waals surface area contributed by atoms with Crippen LogP contribution in [0.15, 0.2) is 54.6 Å². The molecular formula is C22H19Cl2NO. The van der Waals surface area contributed by atoms with Crippen LogP contribution in [0.3, 0.4) is 0 Å². The molecule has 0 amide bonds. The molecule has 26 heavy (non-hydrogen) atoms. The third-order valence-electron chi connectivity index (χ3n) is 5.07. The second-order valence-corrected chi connectivity index (χ2v) is 7.89. The molecule has 2 nitrogen and oxygen atoms in total. The van der Waals surface area contributed by atoms with Crippen LogP contribution in [0, 0.1) is 0 Å². The number of methoxy groups -OCH3 is 1. The number of hydrogen-bond donors (Lipinski definition) is 1. The predicted molar refractivity (Wildman–Crippen MR) is 110 cm³/mol. The molecule has 1 aliphatic rings. The summed E-state index contributed by atoms with van der Waals surface area (Å²) in [6, 6.07) is 18.3. The molecule has 3 aromatic rings. The third-order valence-corrected chi connectivity index (χ3v) is 5.58. The van der Waals surface area contributed by atoms with Crippen molar-refractivity contribution in [2.24, 2.45) is 0 Å². The molecule has 0 radical (unpaired) electrons. The Morgan fingerprint density at radius 2 is 1.54 bits per heavy atom. The highest BCUT2D eigenvalue weighted by Gasteiger charge is 2.34. The maximum absolute atomic E-state index is 6.52. The number of fused-ring (bicyclic) bond motifs is 2. The number of rotatable bonds is 2. The van der Waals surface area contributed by atoms with Gasteiger partial charge in [0.05, 0.1) is 7.11 Å². The van der Waals surface area contributed by atoms with Gasteiger partial charge in [-0.3, -0.25) is 0 Å². The lowest BCUT2D eigenvalue weighted by molar-refractivity contribution is 0.415. The van der Waals surface area contributed by atoms with Gasteiger partial charge in [-0.2, -0.15) is 0 Å². The van der Waals surface area contributed by atoms with Gasteiger partial charge in [0.1, 0.15) is 5.75 Å². The number of hydrogen-bond acceptors (Lipinski definition) is 2. The largest absolute Gasteiger partial charge is 0.497 e. The first-order chi connectivity index (χ1) is 12.4. The fourth-order valence-electron chi connectivity index (χ4n) is 3.74. The molecule has 0 fully saturated rings. The average Bonchev–Trinajstić information content (AvgIpc) is 2.60. The van der Waals surface area contributed by atoms with E-state index < -0.39 is 0 Å². The zero-order valence-electron chi connectivity index (χ0n) is 14.9. The van der Waals surface area contributed by atoms with Crippen LogP contribution in [0.4, 0.5) is 11.4 Å². The minimum absolute atomic E-state index is 0.212. The first kappa shape index (κ1) is 17.3. The highest BCUT2D eigenvalue weighted by molar-refractivity contribution is 6.36. The van der Waals surface area contributed by atoms with E-state index in [-0.39, 0.29) is 5.41 Å². The van der Waals surface area contributed by atoms with Crippen LogP contribution in [0.2, 0.25) is 10.0 Å². The van der Waals surface area contributed by atoms with Gasteiger partial charge >= 0.3 is 0 Å². The Morgan fingerprint density at radius 1 is 0.846 bits per heavy atom. The first-order valence-corrected chi connectivity index (χ1v) is 9.21. The highest BCUT2D eigenvalue weighted by atomic mass is 35.5. The molecule has 4 heteroatoms. The van der Waals surface area contributed by atoms with E-state index in [1.165, 1.54) is 5.56 Å². The van der Waals surface area contributed by atoms with E-state index in [4.69, 9.17) is 27.9 Å². The molecular weight excluding hydrogens is 365 g/mol. The lowest BCUT2D eigenvalue weighted by atomic mass is 9.74. The normalized spacial score (nSPS) is 14.2. The summed E-state index contributed by atoms with van der Waals surface area (Å²) < 4.78 is 5.25. The van der Waals surface area contributed by atoms with Gasteiger partial charge in [-0.1, -0.05) is 61.3 Å². The van der Waals surface area contributed by atoms with E-state index in [9.17, 15) is 0 Å². The molecule has 0 saturated carbocycles. The van der Waals surface area contributed by atoms with Crippen LogP contribution in [0.5, 0.6) is 5.75 Å². The second kappa shape index (κ2) is 6.22. The van der Waals surface area contributed by atoms with Crippen LogP contribution in [0.25, 0.3) is 11.1 Å². The van der Waals surface area contributed by atoms with Gasteiger partial charge in [0, 0.05) is 32.4 Å². The quantitative estimate of drug-likeness (QED) is 0.511. The van der Waals surface area contributed by atoms with Crippen LogP contribution in [-0.4, -0.2) is 7.11 Å². The fraction of sp³-hybridized carbons (Fsp3) is 0.182. The molecule has 0 aromatic heterocycles. The molecule has 0 aliphatic carbocycles. The smallest absolute Gasteiger partial charge is 0.118 e. The topological polar surface area (TPSA) is 21.3 Å². The lowest BCUT2D eigenvalue weighted by Crippen LogP contribution is -2.26. The van der Waals surface area contributed by atoms with Gasteiger partial charge in [-0.15, -0.1) is 0 Å². The number of anilines is 2. The van der Waals surface area contributed by atoms with Crippen molar-refractivity contribution in [3.63, 3.8) is 0 Å². The van der Waals surface area contributed by atoms with E-state index in [1.807, 2.05) is 24.3 Å².